The highest BCUT2D eigenvalue weighted by Crippen LogP contribution is 2.30. The molecule has 0 saturated carbocycles. The van der Waals surface area contributed by atoms with Crippen LogP contribution < -0.4 is 14.4 Å². The molecule has 204 valence electrons. The van der Waals surface area contributed by atoms with Crippen LogP contribution in [0.2, 0.25) is 0 Å². The molecule has 8 nitrogen and oxygen atoms in total. The van der Waals surface area contributed by atoms with Crippen molar-refractivity contribution < 1.29 is 22.7 Å². The van der Waals surface area contributed by atoms with Crippen molar-refractivity contribution in [2.24, 2.45) is 0 Å². The van der Waals surface area contributed by atoms with Gasteiger partial charge in [-0.1, -0.05) is 56.3 Å². The van der Waals surface area contributed by atoms with Gasteiger partial charge < -0.3 is 15.0 Å². The molecule has 2 aromatic carbocycles. The van der Waals surface area contributed by atoms with Gasteiger partial charge in [-0.2, -0.15) is 0 Å². The Bertz CT molecular complexity index is 1110. The van der Waals surface area contributed by atoms with Gasteiger partial charge in [0.2, 0.25) is 21.8 Å². The summed E-state index contributed by atoms with van der Waals surface area (Å²) in [6.45, 7) is 8.48. The van der Waals surface area contributed by atoms with Gasteiger partial charge >= 0.3 is 0 Å². The van der Waals surface area contributed by atoms with Crippen LogP contribution in [0, 0.1) is 0 Å². The topological polar surface area (TPSA) is 96.0 Å². The zero-order valence-corrected chi connectivity index (χ0v) is 23.5. The van der Waals surface area contributed by atoms with E-state index in [-0.39, 0.29) is 30.8 Å². The van der Waals surface area contributed by atoms with Gasteiger partial charge in [-0.05, 0) is 50.8 Å². The number of para-hydroxylation sites is 2. The molecule has 2 aromatic rings. The third kappa shape index (κ3) is 9.07. The van der Waals surface area contributed by atoms with Crippen LogP contribution in [0.4, 0.5) is 5.69 Å². The molecule has 2 amide bonds. The lowest BCUT2D eigenvalue weighted by atomic mass is 10.1. The number of hydrogen-bond donors (Lipinski definition) is 1. The summed E-state index contributed by atoms with van der Waals surface area (Å²) in [5, 5.41) is 3.00. The van der Waals surface area contributed by atoms with E-state index in [0.717, 1.165) is 18.2 Å². The molecule has 0 aromatic heterocycles. The highest BCUT2D eigenvalue weighted by atomic mass is 32.2. The zero-order chi connectivity index (χ0) is 27.4. The molecule has 2 rings (SSSR count). The Kier molecular flexibility index (Phi) is 11.9. The van der Waals surface area contributed by atoms with Gasteiger partial charge in [0.25, 0.3) is 0 Å². The van der Waals surface area contributed by atoms with Crippen molar-refractivity contribution in [3.05, 3.63) is 60.2 Å². The summed E-state index contributed by atoms with van der Waals surface area (Å²) in [4.78, 5) is 28.2. The number of nitrogens with zero attached hydrogens (tertiary/aromatic N) is 2. The third-order valence-electron chi connectivity index (χ3n) is 6.17. The molecule has 37 heavy (non-hydrogen) atoms. The standard InChI is InChI=1S/C28H41N3O5S/c1-6-22(4)29-28(33)24(7-2)30(21-23-15-10-9-11-16-23)27(32)19-14-20-31(37(5,34)35)25-17-12-13-18-26(25)36-8-3/h9-13,15-18,22,24H,6-8,14,19-21H2,1-5H3,(H,29,33). The average molecular weight is 532 g/mol. The lowest BCUT2D eigenvalue weighted by molar-refractivity contribution is -0.141. The Morgan fingerprint density at radius 1 is 0.973 bits per heavy atom. The van der Waals surface area contributed by atoms with Crippen molar-refractivity contribution in [1.82, 2.24) is 10.2 Å². The van der Waals surface area contributed by atoms with Gasteiger partial charge in [0, 0.05) is 25.6 Å². The van der Waals surface area contributed by atoms with Gasteiger partial charge in [-0.15, -0.1) is 0 Å². The Morgan fingerprint density at radius 3 is 2.22 bits per heavy atom. The summed E-state index contributed by atoms with van der Waals surface area (Å²) in [7, 11) is -3.61. The van der Waals surface area contributed by atoms with Crippen molar-refractivity contribution >= 4 is 27.5 Å². The van der Waals surface area contributed by atoms with Crippen LogP contribution in [0.5, 0.6) is 5.75 Å². The first-order valence-electron chi connectivity index (χ1n) is 13.0. The number of carbonyl (C=O) groups is 2. The van der Waals surface area contributed by atoms with E-state index in [2.05, 4.69) is 5.32 Å². The number of anilines is 1. The summed E-state index contributed by atoms with van der Waals surface area (Å²) in [6.07, 6.45) is 2.80. The van der Waals surface area contributed by atoms with Crippen LogP contribution in [0.15, 0.2) is 54.6 Å². The fraction of sp³-hybridized carbons (Fsp3) is 0.500. The largest absolute Gasteiger partial charge is 0.492 e. The Morgan fingerprint density at radius 2 is 1.62 bits per heavy atom. The van der Waals surface area contributed by atoms with Crippen LogP contribution in [-0.4, -0.2) is 56.6 Å². The fourth-order valence-corrected chi connectivity index (χ4v) is 5.03. The number of benzene rings is 2. The smallest absolute Gasteiger partial charge is 0.243 e. The quantitative estimate of drug-likeness (QED) is 0.369. The second kappa shape index (κ2) is 14.6. The van der Waals surface area contributed by atoms with E-state index in [0.29, 0.717) is 37.4 Å². The second-order valence-electron chi connectivity index (χ2n) is 9.09. The summed E-state index contributed by atoms with van der Waals surface area (Å²) >= 11 is 0. The lowest BCUT2D eigenvalue weighted by Crippen LogP contribution is -2.50. The minimum absolute atomic E-state index is 0.00366. The highest BCUT2D eigenvalue weighted by Gasteiger charge is 2.29. The van der Waals surface area contributed by atoms with Gasteiger partial charge in [0.15, 0.2) is 0 Å². The number of rotatable bonds is 15. The van der Waals surface area contributed by atoms with Crippen molar-refractivity contribution in [3.63, 3.8) is 0 Å². The fourth-order valence-electron chi connectivity index (χ4n) is 4.06. The molecule has 2 atom stereocenters. The summed E-state index contributed by atoms with van der Waals surface area (Å²) in [5.74, 6) is 0.103. The summed E-state index contributed by atoms with van der Waals surface area (Å²) < 4.78 is 32.2. The number of amides is 2. The molecular formula is C28H41N3O5S. The molecule has 0 heterocycles. The predicted molar refractivity (Wildman–Crippen MR) is 148 cm³/mol. The number of sulfonamides is 1. The Hall–Kier alpha value is -3.07. The number of carbonyl (C=O) groups excluding carboxylic acids is 2. The van der Waals surface area contributed by atoms with E-state index in [9.17, 15) is 18.0 Å². The average Bonchev–Trinajstić information content (AvgIpc) is 2.87. The second-order valence-corrected chi connectivity index (χ2v) is 11.0. The maximum atomic E-state index is 13.5. The molecule has 1 N–H and O–H groups in total. The summed E-state index contributed by atoms with van der Waals surface area (Å²) in [6, 6.07) is 15.9. The van der Waals surface area contributed by atoms with Crippen molar-refractivity contribution in [3.8, 4) is 5.75 Å². The molecule has 0 fully saturated rings. The van der Waals surface area contributed by atoms with Gasteiger partial charge in [0.05, 0.1) is 18.6 Å². The number of hydrogen-bond acceptors (Lipinski definition) is 5. The molecule has 0 bridgehead atoms. The van der Waals surface area contributed by atoms with Gasteiger partial charge in [-0.25, -0.2) is 8.42 Å². The van der Waals surface area contributed by atoms with Crippen LogP contribution in [0.1, 0.15) is 58.9 Å². The first-order valence-corrected chi connectivity index (χ1v) is 14.8. The number of ether oxygens (including phenoxy) is 1. The lowest BCUT2D eigenvalue weighted by Gasteiger charge is -2.32. The van der Waals surface area contributed by atoms with E-state index in [1.165, 1.54) is 4.31 Å². The molecule has 0 radical (unpaired) electrons. The molecule has 0 spiro atoms. The zero-order valence-electron chi connectivity index (χ0n) is 22.6. The molecule has 0 aliphatic carbocycles. The maximum Gasteiger partial charge on any atom is 0.243 e. The molecular weight excluding hydrogens is 490 g/mol. The number of nitrogens with one attached hydrogen (secondary N) is 1. The Balaban J connectivity index is 2.23. The SMILES string of the molecule is CCOc1ccccc1N(CCCC(=O)N(Cc1ccccc1)C(CC)C(=O)NC(C)CC)S(C)(=O)=O. The van der Waals surface area contributed by atoms with E-state index in [4.69, 9.17) is 4.74 Å². The van der Waals surface area contributed by atoms with E-state index < -0.39 is 16.1 Å². The van der Waals surface area contributed by atoms with E-state index in [1.807, 2.05) is 58.0 Å². The first-order chi connectivity index (χ1) is 17.6. The van der Waals surface area contributed by atoms with Crippen LogP contribution >= 0.6 is 0 Å². The monoisotopic (exact) mass is 531 g/mol. The molecule has 0 saturated heterocycles. The van der Waals surface area contributed by atoms with E-state index >= 15 is 0 Å². The minimum atomic E-state index is -3.61. The normalized spacial score (nSPS) is 12.9. The Labute approximate surface area is 222 Å². The first kappa shape index (κ1) is 30.2. The molecule has 9 heteroatoms. The van der Waals surface area contributed by atoms with E-state index in [1.54, 1.807) is 29.2 Å². The summed E-state index contributed by atoms with van der Waals surface area (Å²) in [5.41, 5.74) is 1.37. The van der Waals surface area contributed by atoms with Crippen molar-refractivity contribution in [2.75, 3.05) is 23.7 Å². The van der Waals surface area contributed by atoms with Crippen LogP contribution in [-0.2, 0) is 26.2 Å². The van der Waals surface area contributed by atoms with Gasteiger partial charge in [0.1, 0.15) is 11.8 Å². The van der Waals surface area contributed by atoms with Crippen molar-refractivity contribution in [2.45, 2.75) is 72.0 Å². The highest BCUT2D eigenvalue weighted by molar-refractivity contribution is 7.92. The van der Waals surface area contributed by atoms with Gasteiger partial charge in [-0.3, -0.25) is 13.9 Å². The molecule has 0 aliphatic heterocycles. The predicted octanol–water partition coefficient (Wildman–Crippen LogP) is 4.35. The third-order valence-corrected chi connectivity index (χ3v) is 7.35. The van der Waals surface area contributed by atoms with Crippen LogP contribution in [0.3, 0.4) is 0 Å². The molecule has 2 unspecified atom stereocenters. The maximum absolute atomic E-state index is 13.5. The van der Waals surface area contributed by atoms with Crippen molar-refractivity contribution in [1.29, 1.82) is 0 Å². The minimum Gasteiger partial charge on any atom is -0.492 e. The van der Waals surface area contributed by atoms with Crippen LogP contribution in [0.25, 0.3) is 0 Å². The molecule has 0 aliphatic rings.